The van der Waals surface area contributed by atoms with Crippen molar-refractivity contribution in [2.75, 3.05) is 24.6 Å². The maximum atomic E-state index is 11.7. The van der Waals surface area contributed by atoms with E-state index in [-0.39, 0.29) is 5.75 Å². The second-order valence-corrected chi connectivity index (χ2v) is 5.35. The molecule has 0 spiro atoms. The van der Waals surface area contributed by atoms with Crippen molar-refractivity contribution in [1.29, 1.82) is 0 Å². The van der Waals surface area contributed by atoms with Crippen LogP contribution in [0, 0.1) is 0 Å². The smallest absolute Gasteiger partial charge is 0.179 e. The average molecular weight is 228 g/mol. The van der Waals surface area contributed by atoms with Crippen molar-refractivity contribution in [1.82, 2.24) is 5.32 Å². The number of benzene rings is 1. The molecule has 0 unspecified atom stereocenters. The molecule has 0 amide bonds. The lowest BCUT2D eigenvalue weighted by atomic mass is 10.3. The van der Waals surface area contributed by atoms with E-state index in [4.69, 9.17) is 5.73 Å². The van der Waals surface area contributed by atoms with Gasteiger partial charge in [0.1, 0.15) is 0 Å². The van der Waals surface area contributed by atoms with Gasteiger partial charge in [0.2, 0.25) is 0 Å². The molecule has 5 heteroatoms. The Morgan fingerprint density at radius 3 is 2.40 bits per heavy atom. The Bertz CT molecular complexity index is 398. The van der Waals surface area contributed by atoms with Crippen LogP contribution in [0.15, 0.2) is 29.2 Å². The second kappa shape index (κ2) is 5.14. The first kappa shape index (κ1) is 12.0. The highest BCUT2D eigenvalue weighted by Gasteiger charge is 2.12. The van der Waals surface area contributed by atoms with E-state index in [0.29, 0.717) is 17.1 Å². The first-order valence-electron chi connectivity index (χ1n) is 4.85. The number of hydrogen-bond donors (Lipinski definition) is 2. The van der Waals surface area contributed by atoms with Gasteiger partial charge >= 0.3 is 0 Å². The van der Waals surface area contributed by atoms with Crippen molar-refractivity contribution in [3.8, 4) is 0 Å². The van der Waals surface area contributed by atoms with Crippen molar-refractivity contribution < 1.29 is 8.42 Å². The highest BCUT2D eigenvalue weighted by Crippen LogP contribution is 2.12. The largest absolute Gasteiger partial charge is 0.399 e. The predicted octanol–water partition coefficient (Wildman–Crippen LogP) is 0.652. The van der Waals surface area contributed by atoms with Gasteiger partial charge in [-0.15, -0.1) is 0 Å². The van der Waals surface area contributed by atoms with Crippen LogP contribution in [0.3, 0.4) is 0 Å². The van der Waals surface area contributed by atoms with Gasteiger partial charge in [0, 0.05) is 12.2 Å². The summed E-state index contributed by atoms with van der Waals surface area (Å²) in [4.78, 5) is 0.328. The predicted molar refractivity (Wildman–Crippen MR) is 61.5 cm³/mol. The molecule has 4 nitrogen and oxygen atoms in total. The monoisotopic (exact) mass is 228 g/mol. The zero-order chi connectivity index (χ0) is 11.3. The summed E-state index contributed by atoms with van der Waals surface area (Å²) in [5.74, 6) is 0.116. The zero-order valence-electron chi connectivity index (χ0n) is 8.73. The van der Waals surface area contributed by atoms with Gasteiger partial charge in [-0.1, -0.05) is 6.92 Å². The Balaban J connectivity index is 2.73. The minimum atomic E-state index is -3.17. The van der Waals surface area contributed by atoms with Crippen LogP contribution in [0.4, 0.5) is 5.69 Å². The molecule has 0 radical (unpaired) electrons. The van der Waals surface area contributed by atoms with Crippen molar-refractivity contribution in [3.63, 3.8) is 0 Å². The van der Waals surface area contributed by atoms with E-state index in [1.54, 1.807) is 12.1 Å². The van der Waals surface area contributed by atoms with E-state index < -0.39 is 9.84 Å². The number of rotatable bonds is 5. The molecule has 0 aliphatic carbocycles. The Morgan fingerprint density at radius 1 is 1.27 bits per heavy atom. The van der Waals surface area contributed by atoms with Gasteiger partial charge in [0.25, 0.3) is 0 Å². The molecule has 0 heterocycles. The van der Waals surface area contributed by atoms with Crippen LogP contribution in [-0.2, 0) is 9.84 Å². The third-order valence-corrected chi connectivity index (χ3v) is 3.77. The third kappa shape index (κ3) is 3.53. The van der Waals surface area contributed by atoms with Crippen LogP contribution >= 0.6 is 0 Å². The lowest BCUT2D eigenvalue weighted by molar-refractivity contribution is 0.592. The number of nitrogens with two attached hydrogens (primary N) is 1. The first-order valence-corrected chi connectivity index (χ1v) is 6.50. The molecule has 84 valence electrons. The SMILES string of the molecule is CCNCCS(=O)(=O)c1ccc(N)cc1. The second-order valence-electron chi connectivity index (χ2n) is 3.24. The fourth-order valence-electron chi connectivity index (χ4n) is 1.18. The van der Waals surface area contributed by atoms with Gasteiger partial charge in [-0.2, -0.15) is 0 Å². The Morgan fingerprint density at radius 2 is 1.87 bits per heavy atom. The molecule has 3 N–H and O–H groups in total. The van der Waals surface area contributed by atoms with Gasteiger partial charge in [-0.25, -0.2) is 8.42 Å². The van der Waals surface area contributed by atoms with Crippen LogP contribution < -0.4 is 11.1 Å². The van der Waals surface area contributed by atoms with E-state index in [9.17, 15) is 8.42 Å². The van der Waals surface area contributed by atoms with Crippen LogP contribution in [0.5, 0.6) is 0 Å². The quantitative estimate of drug-likeness (QED) is 0.573. The molecule has 0 aliphatic rings. The summed E-state index contributed by atoms with van der Waals surface area (Å²) in [5.41, 5.74) is 6.05. The van der Waals surface area contributed by atoms with Gasteiger partial charge in [0.05, 0.1) is 10.6 Å². The van der Waals surface area contributed by atoms with Crippen LogP contribution in [-0.4, -0.2) is 27.3 Å². The van der Waals surface area contributed by atoms with Gasteiger partial charge in [-0.3, -0.25) is 0 Å². The molecule has 0 saturated heterocycles. The van der Waals surface area contributed by atoms with E-state index in [1.165, 1.54) is 12.1 Å². The normalized spacial score (nSPS) is 11.5. The maximum absolute atomic E-state index is 11.7. The van der Waals surface area contributed by atoms with Crippen molar-refractivity contribution in [3.05, 3.63) is 24.3 Å². The molecule has 0 saturated carbocycles. The Hall–Kier alpha value is -1.07. The summed E-state index contributed by atoms with van der Waals surface area (Å²) in [5, 5.41) is 2.98. The fourth-order valence-corrected chi connectivity index (χ4v) is 2.38. The summed E-state index contributed by atoms with van der Waals surface area (Å²) >= 11 is 0. The standard InChI is InChI=1S/C10H16N2O2S/c1-2-12-7-8-15(13,14)10-5-3-9(11)4-6-10/h3-6,12H,2,7-8,11H2,1H3. The molecule has 0 aliphatic heterocycles. The Kier molecular flexibility index (Phi) is 4.11. The molecule has 0 bridgehead atoms. The minimum absolute atomic E-state index is 0.116. The fraction of sp³-hybridized carbons (Fsp3) is 0.400. The topological polar surface area (TPSA) is 72.2 Å². The lowest BCUT2D eigenvalue weighted by Crippen LogP contribution is -2.22. The van der Waals surface area contributed by atoms with Crippen LogP contribution in [0.25, 0.3) is 0 Å². The van der Waals surface area contributed by atoms with Crippen molar-refractivity contribution in [2.45, 2.75) is 11.8 Å². The molecule has 15 heavy (non-hydrogen) atoms. The summed E-state index contributed by atoms with van der Waals surface area (Å²) in [6.45, 7) is 3.19. The number of sulfone groups is 1. The van der Waals surface area contributed by atoms with Gasteiger partial charge in [0.15, 0.2) is 9.84 Å². The first-order chi connectivity index (χ1) is 7.06. The van der Waals surface area contributed by atoms with Crippen molar-refractivity contribution >= 4 is 15.5 Å². The molecule has 1 aromatic rings. The molecule has 0 aromatic heterocycles. The van der Waals surface area contributed by atoms with Crippen molar-refractivity contribution in [2.24, 2.45) is 0 Å². The molecule has 1 rings (SSSR count). The lowest BCUT2D eigenvalue weighted by Gasteiger charge is -2.04. The number of hydrogen-bond acceptors (Lipinski definition) is 4. The average Bonchev–Trinajstić information content (AvgIpc) is 2.18. The minimum Gasteiger partial charge on any atom is -0.399 e. The number of nitrogen functional groups attached to an aromatic ring is 1. The maximum Gasteiger partial charge on any atom is 0.179 e. The van der Waals surface area contributed by atoms with Gasteiger partial charge in [-0.05, 0) is 30.8 Å². The van der Waals surface area contributed by atoms with E-state index in [1.807, 2.05) is 6.92 Å². The van der Waals surface area contributed by atoms with Crippen LogP contribution in [0.2, 0.25) is 0 Å². The zero-order valence-corrected chi connectivity index (χ0v) is 9.55. The van der Waals surface area contributed by atoms with E-state index >= 15 is 0 Å². The van der Waals surface area contributed by atoms with E-state index in [0.717, 1.165) is 6.54 Å². The summed E-state index contributed by atoms with van der Waals surface area (Å²) in [6, 6.07) is 6.27. The molecular formula is C10H16N2O2S. The molecule has 0 atom stereocenters. The molecular weight excluding hydrogens is 212 g/mol. The van der Waals surface area contributed by atoms with E-state index in [2.05, 4.69) is 5.32 Å². The molecule has 0 fully saturated rings. The number of anilines is 1. The summed E-state index contributed by atoms with van der Waals surface area (Å²) in [6.07, 6.45) is 0. The van der Waals surface area contributed by atoms with Crippen LogP contribution in [0.1, 0.15) is 6.92 Å². The Labute approximate surface area is 90.4 Å². The highest BCUT2D eigenvalue weighted by atomic mass is 32.2. The van der Waals surface area contributed by atoms with Gasteiger partial charge < -0.3 is 11.1 Å². The molecule has 1 aromatic carbocycles. The summed E-state index contributed by atoms with van der Waals surface area (Å²) < 4.78 is 23.5. The third-order valence-electron chi connectivity index (χ3n) is 2.04. The highest BCUT2D eigenvalue weighted by molar-refractivity contribution is 7.91. The number of nitrogens with one attached hydrogen (secondary N) is 1. The summed E-state index contributed by atoms with van der Waals surface area (Å²) in [7, 11) is -3.17.